The quantitative estimate of drug-likeness (QED) is 0.854. The second-order valence-corrected chi connectivity index (χ2v) is 5.58. The van der Waals surface area contributed by atoms with E-state index in [9.17, 15) is 5.11 Å². The van der Waals surface area contributed by atoms with Crippen LogP contribution in [0.4, 0.5) is 0 Å². The van der Waals surface area contributed by atoms with Crippen molar-refractivity contribution in [3.8, 4) is 5.75 Å². The molecule has 1 aromatic rings. The molecule has 3 nitrogen and oxygen atoms in total. The summed E-state index contributed by atoms with van der Waals surface area (Å²) in [7, 11) is 0. The second kappa shape index (κ2) is 6.01. The number of aliphatic hydroxyl groups excluding tert-OH is 1. The lowest BCUT2D eigenvalue weighted by Gasteiger charge is -2.22. The van der Waals surface area contributed by atoms with Crippen LogP contribution in [0.25, 0.3) is 0 Å². The molecule has 1 aromatic heterocycles. The lowest BCUT2D eigenvalue weighted by Crippen LogP contribution is -2.12. The van der Waals surface area contributed by atoms with Gasteiger partial charge in [-0.05, 0) is 24.3 Å². The lowest BCUT2D eigenvalue weighted by molar-refractivity contribution is 0.121. The highest BCUT2D eigenvalue weighted by Crippen LogP contribution is 2.30. The minimum absolute atomic E-state index is 0.0969. The summed E-state index contributed by atoms with van der Waals surface area (Å²) in [5.74, 6) is 0.734. The maximum atomic E-state index is 10.1. The molecule has 0 saturated heterocycles. The van der Waals surface area contributed by atoms with Gasteiger partial charge in [0.25, 0.3) is 0 Å². The Balaban J connectivity index is 2.70. The van der Waals surface area contributed by atoms with Gasteiger partial charge >= 0.3 is 0 Å². The van der Waals surface area contributed by atoms with Crippen molar-refractivity contribution in [1.82, 2.24) is 4.98 Å². The van der Waals surface area contributed by atoms with Crippen LogP contribution in [0.1, 0.15) is 52.2 Å². The summed E-state index contributed by atoms with van der Waals surface area (Å²) < 4.78 is 5.50. The van der Waals surface area contributed by atoms with E-state index in [4.69, 9.17) is 4.74 Å². The van der Waals surface area contributed by atoms with Gasteiger partial charge in [0, 0.05) is 11.8 Å². The minimum Gasteiger partial charge on any atom is -0.492 e. The summed E-state index contributed by atoms with van der Waals surface area (Å²) in [6, 6.07) is 1.87. The second-order valence-electron chi connectivity index (χ2n) is 5.58. The molecule has 0 aliphatic carbocycles. The topological polar surface area (TPSA) is 42.4 Å². The standard InChI is InChI=1S/C14H23NO2/c1-5-6-17-12-7-11(9-15-10-12)13(16)8-14(2,3)4/h7,9-10,13,16H,5-6,8H2,1-4H3. The van der Waals surface area contributed by atoms with Crippen molar-refractivity contribution in [2.24, 2.45) is 5.41 Å². The van der Waals surface area contributed by atoms with E-state index < -0.39 is 6.10 Å². The molecule has 0 aliphatic heterocycles. The van der Waals surface area contributed by atoms with Gasteiger partial charge in [-0.15, -0.1) is 0 Å². The highest BCUT2D eigenvalue weighted by atomic mass is 16.5. The predicted octanol–water partition coefficient (Wildman–Crippen LogP) is 3.34. The Morgan fingerprint density at radius 2 is 2.06 bits per heavy atom. The van der Waals surface area contributed by atoms with E-state index >= 15 is 0 Å². The Morgan fingerprint density at radius 1 is 1.35 bits per heavy atom. The van der Waals surface area contributed by atoms with Gasteiger partial charge in [0.15, 0.2) is 0 Å². The summed E-state index contributed by atoms with van der Waals surface area (Å²) in [4.78, 5) is 4.10. The molecule has 0 bridgehead atoms. The van der Waals surface area contributed by atoms with Crippen molar-refractivity contribution in [3.05, 3.63) is 24.0 Å². The first kappa shape index (κ1) is 14.0. The Morgan fingerprint density at radius 3 is 2.65 bits per heavy atom. The third-order valence-corrected chi connectivity index (χ3v) is 2.40. The van der Waals surface area contributed by atoms with Gasteiger partial charge in [-0.2, -0.15) is 0 Å². The van der Waals surface area contributed by atoms with Crippen LogP contribution >= 0.6 is 0 Å². The van der Waals surface area contributed by atoms with E-state index in [1.54, 1.807) is 12.4 Å². The van der Waals surface area contributed by atoms with Crippen molar-refractivity contribution in [3.63, 3.8) is 0 Å². The molecule has 0 amide bonds. The molecular weight excluding hydrogens is 214 g/mol. The monoisotopic (exact) mass is 237 g/mol. The Hall–Kier alpha value is -1.09. The molecule has 1 heterocycles. The average molecular weight is 237 g/mol. The van der Waals surface area contributed by atoms with Gasteiger partial charge in [0.2, 0.25) is 0 Å². The summed E-state index contributed by atoms with van der Waals surface area (Å²) in [6.45, 7) is 9.08. The summed E-state index contributed by atoms with van der Waals surface area (Å²) in [5.41, 5.74) is 0.924. The number of aliphatic hydroxyl groups is 1. The molecule has 1 atom stereocenters. The van der Waals surface area contributed by atoms with Crippen molar-refractivity contribution < 1.29 is 9.84 Å². The van der Waals surface area contributed by atoms with E-state index in [1.165, 1.54) is 0 Å². The fraction of sp³-hybridized carbons (Fsp3) is 0.643. The molecule has 0 spiro atoms. The largest absolute Gasteiger partial charge is 0.492 e. The van der Waals surface area contributed by atoms with E-state index in [0.29, 0.717) is 13.0 Å². The lowest BCUT2D eigenvalue weighted by atomic mass is 9.87. The molecule has 0 radical (unpaired) electrons. The van der Waals surface area contributed by atoms with E-state index in [2.05, 4.69) is 32.7 Å². The maximum absolute atomic E-state index is 10.1. The zero-order valence-corrected chi connectivity index (χ0v) is 11.2. The van der Waals surface area contributed by atoms with Crippen LogP contribution in [0.2, 0.25) is 0 Å². The molecule has 1 N–H and O–H groups in total. The van der Waals surface area contributed by atoms with Crippen LogP contribution in [0.3, 0.4) is 0 Å². The molecule has 96 valence electrons. The fourth-order valence-electron chi connectivity index (χ4n) is 1.61. The molecule has 0 saturated carbocycles. The number of pyridine rings is 1. The highest BCUT2D eigenvalue weighted by Gasteiger charge is 2.18. The van der Waals surface area contributed by atoms with E-state index in [-0.39, 0.29) is 5.41 Å². The first-order valence-corrected chi connectivity index (χ1v) is 6.18. The van der Waals surface area contributed by atoms with Crippen LogP contribution in [0.5, 0.6) is 5.75 Å². The number of aromatic nitrogens is 1. The molecule has 0 aromatic carbocycles. The summed E-state index contributed by atoms with van der Waals surface area (Å²) in [5, 5.41) is 10.1. The number of nitrogens with zero attached hydrogens (tertiary/aromatic N) is 1. The summed E-state index contributed by atoms with van der Waals surface area (Å²) in [6.07, 6.45) is 4.59. The van der Waals surface area contributed by atoms with Crippen LogP contribution in [0.15, 0.2) is 18.5 Å². The molecular formula is C14H23NO2. The highest BCUT2D eigenvalue weighted by molar-refractivity contribution is 5.25. The van der Waals surface area contributed by atoms with Gasteiger partial charge in [-0.25, -0.2) is 0 Å². The molecule has 1 unspecified atom stereocenters. The van der Waals surface area contributed by atoms with Crippen LogP contribution in [-0.4, -0.2) is 16.7 Å². The van der Waals surface area contributed by atoms with Gasteiger partial charge in [0.1, 0.15) is 5.75 Å². The normalized spacial score (nSPS) is 13.5. The molecule has 17 heavy (non-hydrogen) atoms. The Labute approximate surface area is 104 Å². The maximum Gasteiger partial charge on any atom is 0.137 e. The van der Waals surface area contributed by atoms with Crippen LogP contribution in [0, 0.1) is 5.41 Å². The van der Waals surface area contributed by atoms with Crippen molar-refractivity contribution in [1.29, 1.82) is 0 Å². The predicted molar refractivity (Wildman–Crippen MR) is 69.1 cm³/mol. The zero-order valence-electron chi connectivity index (χ0n) is 11.2. The smallest absolute Gasteiger partial charge is 0.137 e. The van der Waals surface area contributed by atoms with Crippen LogP contribution < -0.4 is 4.74 Å². The Kier molecular flexibility index (Phi) is 4.94. The fourth-order valence-corrected chi connectivity index (χ4v) is 1.61. The number of hydrogen-bond donors (Lipinski definition) is 1. The van der Waals surface area contributed by atoms with E-state index in [1.807, 2.05) is 6.07 Å². The number of ether oxygens (including phenoxy) is 1. The Bertz CT molecular complexity index is 344. The first-order chi connectivity index (χ1) is 7.92. The number of rotatable bonds is 5. The first-order valence-electron chi connectivity index (χ1n) is 6.18. The van der Waals surface area contributed by atoms with Gasteiger partial charge in [-0.3, -0.25) is 4.98 Å². The van der Waals surface area contributed by atoms with Crippen LogP contribution in [-0.2, 0) is 0 Å². The van der Waals surface area contributed by atoms with Crippen molar-refractivity contribution in [2.45, 2.75) is 46.6 Å². The summed E-state index contributed by atoms with van der Waals surface area (Å²) >= 11 is 0. The molecule has 0 aliphatic rings. The van der Waals surface area contributed by atoms with Crippen molar-refractivity contribution >= 4 is 0 Å². The molecule has 3 heteroatoms. The molecule has 1 rings (SSSR count). The van der Waals surface area contributed by atoms with Crippen molar-refractivity contribution in [2.75, 3.05) is 6.61 Å². The van der Waals surface area contributed by atoms with E-state index in [0.717, 1.165) is 17.7 Å². The van der Waals surface area contributed by atoms with Gasteiger partial charge < -0.3 is 9.84 Å². The molecule has 0 fully saturated rings. The average Bonchev–Trinajstić information content (AvgIpc) is 2.24. The third-order valence-electron chi connectivity index (χ3n) is 2.40. The van der Waals surface area contributed by atoms with Gasteiger partial charge in [-0.1, -0.05) is 27.7 Å². The third kappa shape index (κ3) is 5.18. The zero-order chi connectivity index (χ0) is 12.9. The SMILES string of the molecule is CCCOc1cncc(C(O)CC(C)(C)C)c1. The minimum atomic E-state index is -0.479. The number of hydrogen-bond acceptors (Lipinski definition) is 3. The van der Waals surface area contributed by atoms with Gasteiger partial charge in [0.05, 0.1) is 18.9 Å².